The molecule has 0 saturated carbocycles. The SMILES string of the molecule is CCCOCC(CC)C(=O)O. The highest BCUT2D eigenvalue weighted by atomic mass is 16.5. The zero-order valence-electron chi connectivity index (χ0n) is 7.17. The maximum absolute atomic E-state index is 10.4. The van der Waals surface area contributed by atoms with Crippen molar-refractivity contribution >= 4 is 5.97 Å². The highest BCUT2D eigenvalue weighted by Gasteiger charge is 2.14. The van der Waals surface area contributed by atoms with E-state index in [9.17, 15) is 4.79 Å². The lowest BCUT2D eigenvalue weighted by atomic mass is 10.1. The molecular weight excluding hydrogens is 144 g/mol. The third-order valence-electron chi connectivity index (χ3n) is 1.51. The van der Waals surface area contributed by atoms with Crippen molar-refractivity contribution < 1.29 is 14.6 Å². The number of hydrogen-bond acceptors (Lipinski definition) is 2. The summed E-state index contributed by atoms with van der Waals surface area (Å²) >= 11 is 0. The van der Waals surface area contributed by atoms with Crippen molar-refractivity contribution in [3.63, 3.8) is 0 Å². The smallest absolute Gasteiger partial charge is 0.308 e. The van der Waals surface area contributed by atoms with Gasteiger partial charge in [-0.3, -0.25) is 4.79 Å². The van der Waals surface area contributed by atoms with Gasteiger partial charge in [0.05, 0.1) is 12.5 Å². The quantitative estimate of drug-likeness (QED) is 0.599. The summed E-state index contributed by atoms with van der Waals surface area (Å²) in [6.45, 7) is 4.86. The molecule has 0 aliphatic carbocycles. The minimum absolute atomic E-state index is 0.332. The molecular formula is C8H16O3. The van der Waals surface area contributed by atoms with E-state index in [2.05, 4.69) is 0 Å². The molecule has 0 aromatic carbocycles. The first-order valence-corrected chi connectivity index (χ1v) is 4.02. The Labute approximate surface area is 67.4 Å². The standard InChI is InChI=1S/C8H16O3/c1-3-5-11-6-7(4-2)8(9)10/h7H,3-6H2,1-2H3,(H,9,10). The minimum atomic E-state index is -0.761. The summed E-state index contributed by atoms with van der Waals surface area (Å²) in [6.07, 6.45) is 1.58. The molecule has 0 amide bonds. The van der Waals surface area contributed by atoms with Crippen molar-refractivity contribution in [1.29, 1.82) is 0 Å². The number of carboxylic acid groups (broad SMARTS) is 1. The van der Waals surface area contributed by atoms with E-state index < -0.39 is 5.97 Å². The minimum Gasteiger partial charge on any atom is -0.481 e. The molecule has 0 aromatic heterocycles. The maximum Gasteiger partial charge on any atom is 0.308 e. The van der Waals surface area contributed by atoms with Crippen LogP contribution in [0.1, 0.15) is 26.7 Å². The van der Waals surface area contributed by atoms with Crippen LogP contribution >= 0.6 is 0 Å². The molecule has 66 valence electrons. The number of carbonyl (C=O) groups is 1. The van der Waals surface area contributed by atoms with Crippen molar-refractivity contribution in [2.45, 2.75) is 26.7 Å². The van der Waals surface area contributed by atoms with Gasteiger partial charge in [-0.15, -0.1) is 0 Å². The molecule has 0 fully saturated rings. The van der Waals surface area contributed by atoms with Gasteiger partial charge in [-0.2, -0.15) is 0 Å². The zero-order chi connectivity index (χ0) is 8.69. The van der Waals surface area contributed by atoms with Crippen molar-refractivity contribution in [2.24, 2.45) is 5.92 Å². The van der Waals surface area contributed by atoms with Gasteiger partial charge in [0.15, 0.2) is 0 Å². The number of ether oxygens (including phenoxy) is 1. The highest BCUT2D eigenvalue weighted by molar-refractivity contribution is 5.69. The van der Waals surface area contributed by atoms with E-state index in [0.29, 0.717) is 19.6 Å². The second-order valence-corrected chi connectivity index (χ2v) is 2.52. The number of aliphatic carboxylic acids is 1. The van der Waals surface area contributed by atoms with E-state index in [1.165, 1.54) is 0 Å². The van der Waals surface area contributed by atoms with Crippen LogP contribution in [0.5, 0.6) is 0 Å². The molecule has 0 heterocycles. The van der Waals surface area contributed by atoms with Crippen LogP contribution < -0.4 is 0 Å². The van der Waals surface area contributed by atoms with E-state index >= 15 is 0 Å². The maximum atomic E-state index is 10.4. The number of hydrogen-bond donors (Lipinski definition) is 1. The molecule has 3 heteroatoms. The molecule has 0 aliphatic rings. The Balaban J connectivity index is 3.44. The predicted octanol–water partition coefficient (Wildman–Crippen LogP) is 1.52. The summed E-state index contributed by atoms with van der Waals surface area (Å²) < 4.78 is 5.12. The lowest BCUT2D eigenvalue weighted by Gasteiger charge is -2.08. The first-order valence-electron chi connectivity index (χ1n) is 4.02. The topological polar surface area (TPSA) is 46.5 Å². The lowest BCUT2D eigenvalue weighted by molar-refractivity contribution is -0.144. The van der Waals surface area contributed by atoms with E-state index in [1.54, 1.807) is 0 Å². The first-order chi connectivity index (χ1) is 5.22. The van der Waals surface area contributed by atoms with Crippen LogP contribution in [0.15, 0.2) is 0 Å². The third-order valence-corrected chi connectivity index (χ3v) is 1.51. The van der Waals surface area contributed by atoms with E-state index in [1.807, 2.05) is 13.8 Å². The monoisotopic (exact) mass is 160 g/mol. The number of rotatable bonds is 6. The van der Waals surface area contributed by atoms with Gasteiger partial charge >= 0.3 is 5.97 Å². The molecule has 0 rings (SSSR count). The van der Waals surface area contributed by atoms with Gasteiger partial charge in [-0.05, 0) is 12.8 Å². The lowest BCUT2D eigenvalue weighted by Crippen LogP contribution is -2.19. The fourth-order valence-electron chi connectivity index (χ4n) is 0.734. The van der Waals surface area contributed by atoms with Crippen molar-refractivity contribution in [2.75, 3.05) is 13.2 Å². The molecule has 1 N–H and O–H groups in total. The summed E-state index contributed by atoms with van der Waals surface area (Å²) in [5.41, 5.74) is 0. The summed E-state index contributed by atoms with van der Waals surface area (Å²) in [5, 5.41) is 8.59. The zero-order valence-corrected chi connectivity index (χ0v) is 7.17. The van der Waals surface area contributed by atoms with Gasteiger partial charge in [-0.25, -0.2) is 0 Å². The van der Waals surface area contributed by atoms with Gasteiger partial charge < -0.3 is 9.84 Å². The van der Waals surface area contributed by atoms with Gasteiger partial charge in [0.2, 0.25) is 0 Å². The molecule has 0 spiro atoms. The Kier molecular flexibility index (Phi) is 5.84. The molecule has 0 aromatic rings. The molecule has 0 radical (unpaired) electrons. The molecule has 1 atom stereocenters. The van der Waals surface area contributed by atoms with Crippen molar-refractivity contribution in [3.8, 4) is 0 Å². The Morgan fingerprint density at radius 3 is 2.55 bits per heavy atom. The average molecular weight is 160 g/mol. The summed E-state index contributed by atoms with van der Waals surface area (Å²) in [6, 6.07) is 0. The molecule has 0 aliphatic heterocycles. The van der Waals surface area contributed by atoms with Crippen LogP contribution in [0.25, 0.3) is 0 Å². The summed E-state index contributed by atoms with van der Waals surface area (Å²) in [4.78, 5) is 10.4. The summed E-state index contributed by atoms with van der Waals surface area (Å²) in [7, 11) is 0. The Morgan fingerprint density at radius 1 is 1.55 bits per heavy atom. The normalized spacial score (nSPS) is 12.9. The molecule has 0 saturated heterocycles. The highest BCUT2D eigenvalue weighted by Crippen LogP contribution is 2.02. The third kappa shape index (κ3) is 4.79. The molecule has 0 bridgehead atoms. The van der Waals surface area contributed by atoms with Crippen LogP contribution in [0.4, 0.5) is 0 Å². The van der Waals surface area contributed by atoms with E-state index in [-0.39, 0.29) is 5.92 Å². The van der Waals surface area contributed by atoms with Gasteiger partial charge in [0.25, 0.3) is 0 Å². The first kappa shape index (κ1) is 10.4. The molecule has 1 unspecified atom stereocenters. The van der Waals surface area contributed by atoms with Crippen LogP contribution in [-0.4, -0.2) is 24.3 Å². The predicted molar refractivity (Wildman–Crippen MR) is 42.5 cm³/mol. The fraction of sp³-hybridized carbons (Fsp3) is 0.875. The largest absolute Gasteiger partial charge is 0.481 e. The van der Waals surface area contributed by atoms with Crippen molar-refractivity contribution in [1.82, 2.24) is 0 Å². The van der Waals surface area contributed by atoms with Gasteiger partial charge in [-0.1, -0.05) is 13.8 Å². The van der Waals surface area contributed by atoms with E-state index in [4.69, 9.17) is 9.84 Å². The molecule has 3 nitrogen and oxygen atoms in total. The average Bonchev–Trinajstić information content (AvgIpc) is 1.97. The van der Waals surface area contributed by atoms with Crippen molar-refractivity contribution in [3.05, 3.63) is 0 Å². The molecule has 11 heavy (non-hydrogen) atoms. The second kappa shape index (κ2) is 6.16. The second-order valence-electron chi connectivity index (χ2n) is 2.52. The van der Waals surface area contributed by atoms with Crippen LogP contribution in [0.3, 0.4) is 0 Å². The van der Waals surface area contributed by atoms with Crippen LogP contribution in [0, 0.1) is 5.92 Å². The fourth-order valence-corrected chi connectivity index (χ4v) is 0.734. The Morgan fingerprint density at radius 2 is 2.18 bits per heavy atom. The van der Waals surface area contributed by atoms with Gasteiger partial charge in [0.1, 0.15) is 0 Å². The summed E-state index contributed by atoms with van der Waals surface area (Å²) in [5.74, 6) is -1.09. The van der Waals surface area contributed by atoms with Gasteiger partial charge in [0, 0.05) is 6.61 Å². The van der Waals surface area contributed by atoms with E-state index in [0.717, 1.165) is 6.42 Å². The van der Waals surface area contributed by atoms with Crippen LogP contribution in [0.2, 0.25) is 0 Å². The number of carboxylic acids is 1. The van der Waals surface area contributed by atoms with Crippen LogP contribution in [-0.2, 0) is 9.53 Å². The Bertz CT molecular complexity index is 112. The Hall–Kier alpha value is -0.570.